The summed E-state index contributed by atoms with van der Waals surface area (Å²) in [4.78, 5) is 20.3. The molecule has 0 fully saturated rings. The molecule has 0 aliphatic rings. The first-order valence-corrected chi connectivity index (χ1v) is 5.22. The fourth-order valence-electron chi connectivity index (χ4n) is 0.821. The Balaban J connectivity index is 0. The zero-order valence-electron chi connectivity index (χ0n) is 11.1. The Morgan fingerprint density at radius 1 is 1.00 bits per heavy atom. The van der Waals surface area contributed by atoms with Crippen molar-refractivity contribution in [3.63, 3.8) is 0 Å². The van der Waals surface area contributed by atoms with E-state index in [4.69, 9.17) is 9.47 Å². The number of hydrogen-bond acceptors (Lipinski definition) is 6. The first-order chi connectivity index (χ1) is 7.93. The fourth-order valence-corrected chi connectivity index (χ4v) is 0.821. The van der Waals surface area contributed by atoms with Gasteiger partial charge in [0.2, 0.25) is 0 Å². The Hall–Kier alpha value is -1.14. The zero-order chi connectivity index (χ0) is 13.7. The summed E-state index contributed by atoms with van der Waals surface area (Å²) in [6.45, 7) is 5.82. The molecular weight excluding hydrogens is 228 g/mol. The summed E-state index contributed by atoms with van der Waals surface area (Å²) in [6, 6.07) is 0. The van der Waals surface area contributed by atoms with Crippen molar-refractivity contribution in [2.24, 2.45) is 0 Å². The van der Waals surface area contributed by atoms with Gasteiger partial charge in [0.1, 0.15) is 12.7 Å². The van der Waals surface area contributed by atoms with Crippen molar-refractivity contribution in [2.75, 3.05) is 34.0 Å². The standard InChI is InChI=1S/C6H12O3.C5H10O3/c1-5(4-8-3)9-6(2)7;1-5(6)8-4-3-7-2/h5H,4H2,1-3H3;3-4H2,1-2H3. The summed E-state index contributed by atoms with van der Waals surface area (Å²) in [6.07, 6.45) is -0.132. The summed E-state index contributed by atoms with van der Waals surface area (Å²) in [5.41, 5.74) is 0. The Morgan fingerprint density at radius 3 is 1.94 bits per heavy atom. The third-order valence-electron chi connectivity index (χ3n) is 1.36. The smallest absolute Gasteiger partial charge is 0.302 e. The third kappa shape index (κ3) is 20.8. The monoisotopic (exact) mass is 250 g/mol. The lowest BCUT2D eigenvalue weighted by Crippen LogP contribution is -2.17. The maximum absolute atomic E-state index is 10.3. The van der Waals surface area contributed by atoms with Crippen LogP contribution < -0.4 is 0 Å². The van der Waals surface area contributed by atoms with Crippen molar-refractivity contribution in [3.8, 4) is 0 Å². The second-order valence-electron chi connectivity index (χ2n) is 3.21. The normalized spacial score (nSPS) is 10.9. The minimum absolute atomic E-state index is 0.132. The Labute approximate surface area is 102 Å². The summed E-state index contributed by atoms with van der Waals surface area (Å²) in [7, 11) is 3.13. The topological polar surface area (TPSA) is 71.1 Å². The summed E-state index contributed by atoms with van der Waals surface area (Å²) in [5, 5.41) is 0. The maximum atomic E-state index is 10.3. The molecule has 0 N–H and O–H groups in total. The van der Waals surface area contributed by atoms with E-state index in [0.717, 1.165) is 0 Å². The van der Waals surface area contributed by atoms with Crippen LogP contribution in [0.25, 0.3) is 0 Å². The molecule has 102 valence electrons. The number of methoxy groups -OCH3 is 2. The Kier molecular flexibility index (Phi) is 13.9. The van der Waals surface area contributed by atoms with Crippen LogP contribution in [0.1, 0.15) is 20.8 Å². The molecule has 0 saturated carbocycles. The van der Waals surface area contributed by atoms with Crippen LogP contribution in [0.5, 0.6) is 0 Å². The molecule has 1 unspecified atom stereocenters. The molecule has 0 heterocycles. The van der Waals surface area contributed by atoms with Gasteiger partial charge in [0.05, 0.1) is 13.2 Å². The molecule has 17 heavy (non-hydrogen) atoms. The molecule has 0 spiro atoms. The molecule has 6 heteroatoms. The highest BCUT2D eigenvalue weighted by atomic mass is 16.6. The number of ether oxygens (including phenoxy) is 4. The SMILES string of the molecule is COCC(C)OC(C)=O.COCCOC(C)=O. The lowest BCUT2D eigenvalue weighted by molar-refractivity contribution is -0.147. The molecule has 0 rings (SSSR count). The van der Waals surface area contributed by atoms with E-state index in [1.54, 1.807) is 21.1 Å². The van der Waals surface area contributed by atoms with Crippen molar-refractivity contribution in [1.82, 2.24) is 0 Å². The molecule has 6 nitrogen and oxygen atoms in total. The molecule has 0 aromatic rings. The lowest BCUT2D eigenvalue weighted by Gasteiger charge is -2.08. The van der Waals surface area contributed by atoms with Crippen LogP contribution in [-0.2, 0) is 28.5 Å². The molecule has 1 atom stereocenters. The van der Waals surface area contributed by atoms with Crippen LogP contribution in [-0.4, -0.2) is 52.1 Å². The number of esters is 2. The van der Waals surface area contributed by atoms with Crippen LogP contribution in [0.3, 0.4) is 0 Å². The molecule has 0 aromatic heterocycles. The molecular formula is C11H22O6. The van der Waals surface area contributed by atoms with E-state index in [9.17, 15) is 9.59 Å². The number of rotatable bonds is 6. The van der Waals surface area contributed by atoms with E-state index >= 15 is 0 Å². The van der Waals surface area contributed by atoms with Gasteiger partial charge in [0.15, 0.2) is 0 Å². The van der Waals surface area contributed by atoms with Gasteiger partial charge in [0.25, 0.3) is 0 Å². The van der Waals surface area contributed by atoms with Gasteiger partial charge in [-0.15, -0.1) is 0 Å². The molecule has 0 amide bonds. The van der Waals surface area contributed by atoms with Gasteiger partial charge in [-0.2, -0.15) is 0 Å². The number of carbonyl (C=O) groups is 2. The van der Waals surface area contributed by atoms with Crippen molar-refractivity contribution >= 4 is 11.9 Å². The molecule has 0 saturated heterocycles. The third-order valence-corrected chi connectivity index (χ3v) is 1.36. The largest absolute Gasteiger partial charge is 0.463 e. The van der Waals surface area contributed by atoms with E-state index in [1.165, 1.54) is 13.8 Å². The quantitative estimate of drug-likeness (QED) is 0.512. The fraction of sp³-hybridized carbons (Fsp3) is 0.818. The van der Waals surface area contributed by atoms with E-state index in [0.29, 0.717) is 19.8 Å². The van der Waals surface area contributed by atoms with E-state index in [1.807, 2.05) is 0 Å². The predicted molar refractivity (Wildman–Crippen MR) is 61.6 cm³/mol. The van der Waals surface area contributed by atoms with Crippen molar-refractivity contribution < 1.29 is 28.5 Å². The predicted octanol–water partition coefficient (Wildman–Crippen LogP) is 0.780. The van der Waals surface area contributed by atoms with Gasteiger partial charge in [-0.3, -0.25) is 9.59 Å². The molecule has 0 bridgehead atoms. The minimum atomic E-state index is -0.264. The Morgan fingerprint density at radius 2 is 1.59 bits per heavy atom. The van der Waals surface area contributed by atoms with Gasteiger partial charge in [-0.05, 0) is 6.92 Å². The van der Waals surface area contributed by atoms with Crippen LogP contribution >= 0.6 is 0 Å². The van der Waals surface area contributed by atoms with Crippen LogP contribution in [0.2, 0.25) is 0 Å². The van der Waals surface area contributed by atoms with Crippen molar-refractivity contribution in [3.05, 3.63) is 0 Å². The van der Waals surface area contributed by atoms with Gasteiger partial charge in [0, 0.05) is 28.1 Å². The number of hydrogen-bond donors (Lipinski definition) is 0. The molecule has 0 radical (unpaired) electrons. The maximum Gasteiger partial charge on any atom is 0.302 e. The minimum Gasteiger partial charge on any atom is -0.463 e. The second kappa shape index (κ2) is 12.9. The van der Waals surface area contributed by atoms with Crippen LogP contribution in [0.15, 0.2) is 0 Å². The van der Waals surface area contributed by atoms with Gasteiger partial charge < -0.3 is 18.9 Å². The second-order valence-corrected chi connectivity index (χ2v) is 3.21. The molecule has 0 aliphatic heterocycles. The first kappa shape index (κ1) is 18.2. The van der Waals surface area contributed by atoms with Crippen molar-refractivity contribution in [1.29, 1.82) is 0 Å². The van der Waals surface area contributed by atoms with Gasteiger partial charge >= 0.3 is 11.9 Å². The van der Waals surface area contributed by atoms with Gasteiger partial charge in [-0.25, -0.2) is 0 Å². The van der Waals surface area contributed by atoms with Crippen LogP contribution in [0.4, 0.5) is 0 Å². The highest BCUT2D eigenvalue weighted by Gasteiger charge is 2.02. The summed E-state index contributed by atoms with van der Waals surface area (Å²) in [5.74, 6) is -0.526. The van der Waals surface area contributed by atoms with E-state index < -0.39 is 0 Å². The first-order valence-electron chi connectivity index (χ1n) is 5.22. The molecule has 0 aromatic carbocycles. The highest BCUT2D eigenvalue weighted by molar-refractivity contribution is 5.66. The van der Waals surface area contributed by atoms with Crippen molar-refractivity contribution in [2.45, 2.75) is 26.9 Å². The summed E-state index contributed by atoms with van der Waals surface area (Å²) < 4.78 is 18.6. The van der Waals surface area contributed by atoms with Crippen LogP contribution in [0, 0.1) is 0 Å². The zero-order valence-corrected chi connectivity index (χ0v) is 11.1. The van der Waals surface area contributed by atoms with Gasteiger partial charge in [-0.1, -0.05) is 0 Å². The average molecular weight is 250 g/mol. The highest BCUT2D eigenvalue weighted by Crippen LogP contribution is 1.90. The lowest BCUT2D eigenvalue weighted by atomic mass is 10.4. The summed E-state index contributed by atoms with van der Waals surface area (Å²) >= 11 is 0. The Bertz CT molecular complexity index is 204. The average Bonchev–Trinajstić information content (AvgIpc) is 2.17. The van der Waals surface area contributed by atoms with E-state index in [2.05, 4.69) is 9.47 Å². The van der Waals surface area contributed by atoms with E-state index in [-0.39, 0.29) is 18.0 Å². The number of carbonyl (C=O) groups excluding carboxylic acids is 2. The molecule has 0 aliphatic carbocycles.